The van der Waals surface area contributed by atoms with Gasteiger partial charge in [0.1, 0.15) is 0 Å². The maximum Gasteiger partial charge on any atom is 0.237 e. The van der Waals surface area contributed by atoms with Gasteiger partial charge in [0.2, 0.25) is 5.91 Å². The first-order chi connectivity index (χ1) is 7.15. The van der Waals surface area contributed by atoms with Crippen molar-refractivity contribution in [3.8, 4) is 0 Å². The molecular formula is C11H17N3O. The number of aromatic nitrogens is 1. The van der Waals surface area contributed by atoms with Crippen molar-refractivity contribution in [2.75, 3.05) is 0 Å². The molecule has 0 aromatic carbocycles. The van der Waals surface area contributed by atoms with Gasteiger partial charge >= 0.3 is 0 Å². The van der Waals surface area contributed by atoms with E-state index in [4.69, 9.17) is 5.73 Å². The van der Waals surface area contributed by atoms with Gasteiger partial charge in [-0.05, 0) is 30.5 Å². The monoisotopic (exact) mass is 207 g/mol. The Balaban J connectivity index is 2.51. The van der Waals surface area contributed by atoms with Crippen LogP contribution in [0.3, 0.4) is 0 Å². The number of carbonyl (C=O) groups is 1. The van der Waals surface area contributed by atoms with Gasteiger partial charge in [0.05, 0.1) is 6.04 Å². The molecule has 3 N–H and O–H groups in total. The van der Waals surface area contributed by atoms with Crippen LogP contribution in [0.25, 0.3) is 0 Å². The standard InChI is InChI=1S/C11H17N3O/c1-3-10(12)11(15)14-7-9-4-5-13-6-8(9)2/h4-6,10H,3,7,12H2,1-2H3,(H,14,15)/t10-/m1/s1. The van der Waals surface area contributed by atoms with Gasteiger partial charge in [0.25, 0.3) is 0 Å². The van der Waals surface area contributed by atoms with Gasteiger partial charge in [-0.25, -0.2) is 0 Å². The number of hydrogen-bond donors (Lipinski definition) is 2. The topological polar surface area (TPSA) is 68.0 Å². The highest BCUT2D eigenvalue weighted by Crippen LogP contribution is 2.04. The third-order valence-corrected chi connectivity index (χ3v) is 2.37. The molecule has 0 aliphatic rings. The zero-order chi connectivity index (χ0) is 11.3. The number of amides is 1. The van der Waals surface area contributed by atoms with Gasteiger partial charge in [-0.1, -0.05) is 6.92 Å². The molecule has 15 heavy (non-hydrogen) atoms. The van der Waals surface area contributed by atoms with Gasteiger partial charge in [-0.15, -0.1) is 0 Å². The van der Waals surface area contributed by atoms with Gasteiger partial charge in [0.15, 0.2) is 0 Å². The molecular weight excluding hydrogens is 190 g/mol. The average molecular weight is 207 g/mol. The summed E-state index contributed by atoms with van der Waals surface area (Å²) in [6, 6.07) is 1.49. The summed E-state index contributed by atoms with van der Waals surface area (Å²) in [6.07, 6.45) is 4.15. The van der Waals surface area contributed by atoms with E-state index in [0.29, 0.717) is 13.0 Å². The Kier molecular flexibility index (Phi) is 4.24. The predicted molar refractivity (Wildman–Crippen MR) is 59.1 cm³/mol. The van der Waals surface area contributed by atoms with Crippen molar-refractivity contribution in [2.45, 2.75) is 32.9 Å². The summed E-state index contributed by atoms with van der Waals surface area (Å²) in [4.78, 5) is 15.4. The van der Waals surface area contributed by atoms with Crippen LogP contribution < -0.4 is 11.1 Å². The minimum absolute atomic E-state index is 0.103. The molecule has 0 bridgehead atoms. The van der Waals surface area contributed by atoms with Crippen LogP contribution in [-0.2, 0) is 11.3 Å². The maximum atomic E-state index is 11.4. The molecule has 0 unspecified atom stereocenters. The van der Waals surface area contributed by atoms with Crippen LogP contribution in [0, 0.1) is 6.92 Å². The lowest BCUT2D eigenvalue weighted by Crippen LogP contribution is -2.39. The molecule has 0 aliphatic heterocycles. The van der Waals surface area contributed by atoms with Crippen LogP contribution in [-0.4, -0.2) is 16.9 Å². The summed E-state index contributed by atoms with van der Waals surface area (Å²) < 4.78 is 0. The van der Waals surface area contributed by atoms with Gasteiger partial charge in [-0.2, -0.15) is 0 Å². The zero-order valence-electron chi connectivity index (χ0n) is 9.16. The fourth-order valence-electron chi connectivity index (χ4n) is 1.20. The van der Waals surface area contributed by atoms with E-state index in [-0.39, 0.29) is 5.91 Å². The van der Waals surface area contributed by atoms with E-state index in [9.17, 15) is 4.79 Å². The van der Waals surface area contributed by atoms with Crippen LogP contribution in [0.15, 0.2) is 18.5 Å². The van der Waals surface area contributed by atoms with Crippen LogP contribution in [0.2, 0.25) is 0 Å². The van der Waals surface area contributed by atoms with E-state index >= 15 is 0 Å². The molecule has 0 saturated carbocycles. The second-order valence-corrected chi connectivity index (χ2v) is 3.53. The van der Waals surface area contributed by atoms with Crippen molar-refractivity contribution in [3.63, 3.8) is 0 Å². The molecule has 0 radical (unpaired) electrons. The molecule has 0 fully saturated rings. The maximum absolute atomic E-state index is 11.4. The summed E-state index contributed by atoms with van der Waals surface area (Å²) in [6.45, 7) is 4.37. The number of pyridine rings is 1. The fourth-order valence-corrected chi connectivity index (χ4v) is 1.20. The summed E-state index contributed by atoms with van der Waals surface area (Å²) in [5.41, 5.74) is 7.74. The van der Waals surface area contributed by atoms with Crippen molar-refractivity contribution < 1.29 is 4.79 Å². The van der Waals surface area contributed by atoms with Crippen molar-refractivity contribution in [1.29, 1.82) is 0 Å². The molecule has 0 aliphatic carbocycles. The Hall–Kier alpha value is -1.42. The Morgan fingerprint density at radius 1 is 1.67 bits per heavy atom. The number of aryl methyl sites for hydroxylation is 1. The highest BCUT2D eigenvalue weighted by molar-refractivity contribution is 5.81. The second-order valence-electron chi connectivity index (χ2n) is 3.53. The van der Waals surface area contributed by atoms with Crippen molar-refractivity contribution >= 4 is 5.91 Å². The van der Waals surface area contributed by atoms with Crippen molar-refractivity contribution in [2.24, 2.45) is 5.73 Å². The number of rotatable bonds is 4. The third kappa shape index (κ3) is 3.32. The largest absolute Gasteiger partial charge is 0.351 e. The minimum atomic E-state index is -0.410. The second kappa shape index (κ2) is 5.46. The Labute approximate surface area is 89.9 Å². The molecule has 1 rings (SSSR count). The molecule has 4 heteroatoms. The Bertz CT molecular complexity index is 338. The van der Waals surface area contributed by atoms with E-state index < -0.39 is 6.04 Å². The third-order valence-electron chi connectivity index (χ3n) is 2.37. The number of nitrogens with one attached hydrogen (secondary N) is 1. The predicted octanol–water partition coefficient (Wildman–Crippen LogP) is 0.744. The lowest BCUT2D eigenvalue weighted by Gasteiger charge is -2.11. The van der Waals surface area contributed by atoms with Gasteiger partial charge in [-0.3, -0.25) is 9.78 Å². The van der Waals surface area contributed by atoms with Gasteiger partial charge < -0.3 is 11.1 Å². The summed E-state index contributed by atoms with van der Waals surface area (Å²) in [7, 11) is 0. The highest BCUT2D eigenvalue weighted by atomic mass is 16.2. The molecule has 1 heterocycles. The lowest BCUT2D eigenvalue weighted by atomic mass is 10.1. The zero-order valence-corrected chi connectivity index (χ0v) is 9.16. The van der Waals surface area contributed by atoms with Crippen molar-refractivity contribution in [1.82, 2.24) is 10.3 Å². The van der Waals surface area contributed by atoms with E-state index in [1.54, 1.807) is 12.4 Å². The van der Waals surface area contributed by atoms with Crippen molar-refractivity contribution in [3.05, 3.63) is 29.6 Å². The smallest absolute Gasteiger partial charge is 0.237 e. The lowest BCUT2D eigenvalue weighted by molar-refractivity contribution is -0.122. The Morgan fingerprint density at radius 3 is 3.00 bits per heavy atom. The molecule has 1 aromatic rings. The van der Waals surface area contributed by atoms with Crippen LogP contribution in [0.1, 0.15) is 24.5 Å². The highest BCUT2D eigenvalue weighted by Gasteiger charge is 2.10. The normalized spacial score (nSPS) is 12.2. The van der Waals surface area contributed by atoms with E-state index in [1.807, 2.05) is 19.9 Å². The van der Waals surface area contributed by atoms with Crippen LogP contribution in [0.5, 0.6) is 0 Å². The van der Waals surface area contributed by atoms with Crippen LogP contribution >= 0.6 is 0 Å². The summed E-state index contributed by atoms with van der Waals surface area (Å²) in [5, 5.41) is 2.80. The van der Waals surface area contributed by atoms with E-state index in [2.05, 4.69) is 10.3 Å². The number of nitrogens with zero attached hydrogens (tertiary/aromatic N) is 1. The molecule has 0 spiro atoms. The molecule has 4 nitrogen and oxygen atoms in total. The molecule has 1 aromatic heterocycles. The number of carbonyl (C=O) groups excluding carboxylic acids is 1. The molecule has 1 atom stereocenters. The number of hydrogen-bond acceptors (Lipinski definition) is 3. The van der Waals surface area contributed by atoms with E-state index in [1.165, 1.54) is 0 Å². The van der Waals surface area contributed by atoms with Crippen LogP contribution in [0.4, 0.5) is 0 Å². The first-order valence-corrected chi connectivity index (χ1v) is 5.08. The van der Waals surface area contributed by atoms with E-state index in [0.717, 1.165) is 11.1 Å². The first-order valence-electron chi connectivity index (χ1n) is 5.08. The first kappa shape index (κ1) is 11.7. The fraction of sp³-hybridized carbons (Fsp3) is 0.455. The molecule has 1 amide bonds. The Morgan fingerprint density at radius 2 is 2.40 bits per heavy atom. The molecule has 0 saturated heterocycles. The number of nitrogens with two attached hydrogens (primary N) is 1. The van der Waals surface area contributed by atoms with Gasteiger partial charge in [0, 0.05) is 18.9 Å². The minimum Gasteiger partial charge on any atom is -0.351 e. The quantitative estimate of drug-likeness (QED) is 0.765. The SMILES string of the molecule is CC[C@@H](N)C(=O)NCc1ccncc1C. The molecule has 82 valence electrons. The summed E-state index contributed by atoms with van der Waals surface area (Å²) >= 11 is 0. The summed E-state index contributed by atoms with van der Waals surface area (Å²) in [5.74, 6) is -0.103. The average Bonchev–Trinajstić information content (AvgIpc) is 2.26.